The lowest BCUT2D eigenvalue weighted by Gasteiger charge is -2.03. The Morgan fingerprint density at radius 2 is 1.95 bits per heavy atom. The van der Waals surface area contributed by atoms with E-state index in [0.717, 1.165) is 0 Å². The predicted molar refractivity (Wildman–Crippen MR) is 79.6 cm³/mol. The Morgan fingerprint density at radius 3 is 2.65 bits per heavy atom. The number of hydrazone groups is 1. The highest BCUT2D eigenvalue weighted by Gasteiger charge is 2.10. The van der Waals surface area contributed by atoms with Crippen LogP contribution < -0.4 is 5.43 Å². The monoisotopic (exact) mass is 308 g/mol. The number of aromatic hydroxyl groups is 1. The fourth-order valence-corrected chi connectivity index (χ4v) is 1.85. The summed E-state index contributed by atoms with van der Waals surface area (Å²) in [4.78, 5) is 11.8. The van der Waals surface area contributed by atoms with Gasteiger partial charge in [0.1, 0.15) is 5.75 Å². The molecule has 4 nitrogen and oxygen atoms in total. The van der Waals surface area contributed by atoms with Crippen molar-refractivity contribution in [1.29, 1.82) is 0 Å². The number of phenols is 1. The first-order valence-electron chi connectivity index (χ1n) is 5.64. The molecule has 2 N–H and O–H groups in total. The largest absolute Gasteiger partial charge is 0.507 e. The van der Waals surface area contributed by atoms with Crippen LogP contribution in [0.25, 0.3) is 0 Å². The molecule has 0 aliphatic carbocycles. The van der Waals surface area contributed by atoms with Crippen LogP contribution in [0.3, 0.4) is 0 Å². The zero-order valence-corrected chi connectivity index (χ0v) is 11.7. The van der Waals surface area contributed by atoms with E-state index in [-0.39, 0.29) is 11.3 Å². The molecule has 0 spiro atoms. The number of amides is 1. The Labute approximate surface area is 125 Å². The van der Waals surface area contributed by atoms with Crippen LogP contribution in [-0.4, -0.2) is 17.2 Å². The van der Waals surface area contributed by atoms with Crippen molar-refractivity contribution >= 4 is 35.3 Å². The lowest BCUT2D eigenvalue weighted by molar-refractivity contribution is 0.0952. The third kappa shape index (κ3) is 3.50. The smallest absolute Gasteiger partial charge is 0.275 e. The quantitative estimate of drug-likeness (QED) is 0.674. The van der Waals surface area contributed by atoms with Crippen molar-refractivity contribution in [2.75, 3.05) is 0 Å². The molecule has 0 bridgehead atoms. The van der Waals surface area contributed by atoms with E-state index in [1.165, 1.54) is 24.4 Å². The summed E-state index contributed by atoms with van der Waals surface area (Å²) in [7, 11) is 0. The van der Waals surface area contributed by atoms with Crippen molar-refractivity contribution in [2.24, 2.45) is 5.10 Å². The van der Waals surface area contributed by atoms with Gasteiger partial charge in [0.15, 0.2) is 0 Å². The maximum Gasteiger partial charge on any atom is 0.275 e. The molecule has 0 saturated carbocycles. The van der Waals surface area contributed by atoms with Gasteiger partial charge in [-0.1, -0.05) is 41.4 Å². The number of hydrogen-bond acceptors (Lipinski definition) is 3. The molecule has 6 heteroatoms. The second-order valence-electron chi connectivity index (χ2n) is 3.88. The minimum Gasteiger partial charge on any atom is -0.507 e. The second-order valence-corrected chi connectivity index (χ2v) is 4.73. The Balaban J connectivity index is 2.07. The maximum atomic E-state index is 11.8. The van der Waals surface area contributed by atoms with E-state index < -0.39 is 5.91 Å². The fourth-order valence-electron chi connectivity index (χ4n) is 1.50. The van der Waals surface area contributed by atoms with Crippen molar-refractivity contribution in [3.63, 3.8) is 0 Å². The molecule has 0 atom stereocenters. The van der Waals surface area contributed by atoms with Crippen LogP contribution in [0.15, 0.2) is 47.6 Å². The summed E-state index contributed by atoms with van der Waals surface area (Å²) in [5.41, 5.74) is 3.07. The summed E-state index contributed by atoms with van der Waals surface area (Å²) in [6.07, 6.45) is 1.42. The first-order chi connectivity index (χ1) is 9.58. The minimum atomic E-state index is -0.539. The third-order valence-electron chi connectivity index (χ3n) is 2.48. The van der Waals surface area contributed by atoms with Gasteiger partial charge in [-0.3, -0.25) is 4.79 Å². The summed E-state index contributed by atoms with van der Waals surface area (Å²) < 4.78 is 0. The molecular formula is C14H10Cl2N2O2. The van der Waals surface area contributed by atoms with Crippen LogP contribution in [0, 0.1) is 0 Å². The summed E-state index contributed by atoms with van der Waals surface area (Å²) in [6.45, 7) is 0. The molecule has 2 aromatic rings. The highest BCUT2D eigenvalue weighted by atomic mass is 35.5. The summed E-state index contributed by atoms with van der Waals surface area (Å²) in [6, 6.07) is 11.3. The SMILES string of the molecule is O=C(N/N=C\c1ccccc1Cl)c1ccc(Cl)cc1O. The van der Waals surface area contributed by atoms with Crippen molar-refractivity contribution in [3.8, 4) is 5.75 Å². The van der Waals surface area contributed by atoms with E-state index >= 15 is 0 Å². The third-order valence-corrected chi connectivity index (χ3v) is 3.06. The molecular weight excluding hydrogens is 299 g/mol. The molecule has 0 aliphatic heterocycles. The van der Waals surface area contributed by atoms with E-state index in [2.05, 4.69) is 10.5 Å². The number of nitrogens with zero attached hydrogens (tertiary/aromatic N) is 1. The number of carbonyl (C=O) groups is 1. The molecule has 0 aliphatic rings. The zero-order valence-electron chi connectivity index (χ0n) is 10.2. The Morgan fingerprint density at radius 1 is 1.20 bits per heavy atom. The van der Waals surface area contributed by atoms with Crippen LogP contribution in [0.1, 0.15) is 15.9 Å². The topological polar surface area (TPSA) is 61.7 Å². The highest BCUT2D eigenvalue weighted by molar-refractivity contribution is 6.33. The van der Waals surface area contributed by atoms with E-state index in [1.54, 1.807) is 24.3 Å². The van der Waals surface area contributed by atoms with Crippen molar-refractivity contribution in [3.05, 3.63) is 63.6 Å². The lowest BCUT2D eigenvalue weighted by atomic mass is 10.2. The summed E-state index contributed by atoms with van der Waals surface area (Å²) in [5, 5.41) is 14.3. The number of nitrogens with one attached hydrogen (secondary N) is 1. The Hall–Kier alpha value is -2.04. The maximum absolute atomic E-state index is 11.8. The van der Waals surface area contributed by atoms with Gasteiger partial charge in [0, 0.05) is 15.6 Å². The van der Waals surface area contributed by atoms with Gasteiger partial charge in [0.25, 0.3) is 5.91 Å². The number of halogens is 2. The Bertz CT molecular complexity index is 672. The van der Waals surface area contributed by atoms with Crippen molar-refractivity contribution < 1.29 is 9.90 Å². The molecule has 0 radical (unpaired) electrons. The van der Waals surface area contributed by atoms with E-state index in [0.29, 0.717) is 15.6 Å². The van der Waals surface area contributed by atoms with Gasteiger partial charge in [-0.25, -0.2) is 5.43 Å². The van der Waals surface area contributed by atoms with Gasteiger partial charge in [0.2, 0.25) is 0 Å². The molecule has 20 heavy (non-hydrogen) atoms. The molecule has 0 saturated heterocycles. The average Bonchev–Trinajstić information content (AvgIpc) is 2.40. The number of benzene rings is 2. The summed E-state index contributed by atoms with van der Waals surface area (Å²) in [5.74, 6) is -0.745. The highest BCUT2D eigenvalue weighted by Crippen LogP contribution is 2.21. The first kappa shape index (κ1) is 14.4. The van der Waals surface area contributed by atoms with Gasteiger partial charge >= 0.3 is 0 Å². The average molecular weight is 309 g/mol. The fraction of sp³-hybridized carbons (Fsp3) is 0. The van der Waals surface area contributed by atoms with Crippen LogP contribution in [0.5, 0.6) is 5.75 Å². The molecule has 2 rings (SSSR count). The number of rotatable bonds is 3. The van der Waals surface area contributed by atoms with Gasteiger partial charge in [-0.05, 0) is 24.3 Å². The summed E-state index contributed by atoms with van der Waals surface area (Å²) >= 11 is 11.6. The van der Waals surface area contributed by atoms with Crippen LogP contribution in [0.2, 0.25) is 10.0 Å². The second kappa shape index (κ2) is 6.41. The van der Waals surface area contributed by atoms with Gasteiger partial charge in [-0.15, -0.1) is 0 Å². The van der Waals surface area contributed by atoms with Crippen LogP contribution in [0.4, 0.5) is 0 Å². The standard InChI is InChI=1S/C14H10Cl2N2O2/c15-10-5-6-11(13(19)7-10)14(20)18-17-8-9-3-1-2-4-12(9)16/h1-8,19H,(H,18,20)/b17-8-. The molecule has 0 aromatic heterocycles. The van der Waals surface area contributed by atoms with Crippen LogP contribution >= 0.6 is 23.2 Å². The van der Waals surface area contributed by atoms with E-state index in [4.69, 9.17) is 23.2 Å². The van der Waals surface area contributed by atoms with Crippen LogP contribution in [-0.2, 0) is 0 Å². The molecule has 0 unspecified atom stereocenters. The first-order valence-corrected chi connectivity index (χ1v) is 6.40. The van der Waals surface area contributed by atoms with Crippen molar-refractivity contribution in [1.82, 2.24) is 5.43 Å². The van der Waals surface area contributed by atoms with Gasteiger partial charge in [-0.2, -0.15) is 5.10 Å². The molecule has 2 aromatic carbocycles. The molecule has 0 heterocycles. The number of hydrogen-bond donors (Lipinski definition) is 2. The molecule has 0 fully saturated rings. The van der Waals surface area contributed by atoms with E-state index in [1.807, 2.05) is 0 Å². The normalized spacial score (nSPS) is 10.7. The van der Waals surface area contributed by atoms with Crippen molar-refractivity contribution in [2.45, 2.75) is 0 Å². The lowest BCUT2D eigenvalue weighted by Crippen LogP contribution is -2.17. The minimum absolute atomic E-state index is 0.0886. The van der Waals surface area contributed by atoms with Gasteiger partial charge < -0.3 is 5.11 Å². The number of carbonyl (C=O) groups excluding carboxylic acids is 1. The Kier molecular flexibility index (Phi) is 4.61. The molecule has 102 valence electrons. The predicted octanol–water partition coefficient (Wildman–Crippen LogP) is 3.46. The molecule has 1 amide bonds. The number of phenolic OH excluding ortho intramolecular Hbond substituents is 1. The van der Waals surface area contributed by atoms with E-state index in [9.17, 15) is 9.90 Å². The zero-order chi connectivity index (χ0) is 14.5. The van der Waals surface area contributed by atoms with Gasteiger partial charge in [0.05, 0.1) is 11.8 Å².